The van der Waals surface area contributed by atoms with E-state index in [1.54, 1.807) is 24.4 Å². The van der Waals surface area contributed by atoms with Gasteiger partial charge in [-0.1, -0.05) is 6.07 Å². The first kappa shape index (κ1) is 11.5. The minimum Gasteiger partial charge on any atom is -0.281 e. The number of nitrogens with zero attached hydrogens (tertiary/aromatic N) is 3. The van der Waals surface area contributed by atoms with Gasteiger partial charge in [0.15, 0.2) is 0 Å². The Hall–Kier alpha value is -2.63. The average Bonchev–Trinajstić information content (AvgIpc) is 2.79. The molecule has 0 aliphatic heterocycles. The minimum absolute atomic E-state index is 0.0261. The van der Waals surface area contributed by atoms with Gasteiger partial charge in [0, 0.05) is 11.8 Å². The summed E-state index contributed by atoms with van der Waals surface area (Å²) in [5.41, 5.74) is 0.382. The maximum Gasteiger partial charge on any atom is 0.209 e. The van der Waals surface area contributed by atoms with Crippen LogP contribution in [0.3, 0.4) is 0 Å². The van der Waals surface area contributed by atoms with Gasteiger partial charge in [-0.25, -0.2) is 13.8 Å². The lowest BCUT2D eigenvalue weighted by molar-refractivity contribution is 0.603. The quantitative estimate of drug-likeness (QED) is 0.659. The summed E-state index contributed by atoms with van der Waals surface area (Å²) in [5, 5.41) is 2.87. The molecule has 0 radical (unpaired) electrons. The SMILES string of the molecule is O=Nc1c(-c2cc(F)ccc2F)nc2ccccn12. The van der Waals surface area contributed by atoms with Gasteiger partial charge < -0.3 is 0 Å². The highest BCUT2D eigenvalue weighted by Crippen LogP contribution is 2.32. The molecule has 19 heavy (non-hydrogen) atoms. The number of nitroso groups, excluding NO2 is 1. The number of fused-ring (bicyclic) bond motifs is 1. The predicted octanol–water partition coefficient (Wildman–Crippen LogP) is 3.68. The number of hydrogen-bond acceptors (Lipinski definition) is 3. The van der Waals surface area contributed by atoms with Crippen LogP contribution in [0.1, 0.15) is 0 Å². The molecular formula is C13H7F2N3O. The van der Waals surface area contributed by atoms with Gasteiger partial charge in [0.05, 0.1) is 0 Å². The van der Waals surface area contributed by atoms with Gasteiger partial charge in [-0.3, -0.25) is 4.40 Å². The summed E-state index contributed by atoms with van der Waals surface area (Å²) >= 11 is 0. The van der Waals surface area contributed by atoms with E-state index in [0.717, 1.165) is 18.2 Å². The largest absolute Gasteiger partial charge is 0.281 e. The highest BCUT2D eigenvalue weighted by molar-refractivity contribution is 5.74. The van der Waals surface area contributed by atoms with Gasteiger partial charge in [-0.05, 0) is 35.5 Å². The molecule has 94 valence electrons. The number of aromatic nitrogens is 2. The van der Waals surface area contributed by atoms with Crippen molar-refractivity contribution < 1.29 is 8.78 Å². The Morgan fingerprint density at radius 3 is 2.79 bits per heavy atom. The summed E-state index contributed by atoms with van der Waals surface area (Å²) in [6.07, 6.45) is 1.58. The van der Waals surface area contributed by atoms with Crippen molar-refractivity contribution in [1.29, 1.82) is 0 Å². The first-order chi connectivity index (χ1) is 9.20. The van der Waals surface area contributed by atoms with E-state index in [1.807, 2.05) is 0 Å². The van der Waals surface area contributed by atoms with Crippen LogP contribution in [0.4, 0.5) is 14.6 Å². The maximum absolute atomic E-state index is 13.7. The smallest absolute Gasteiger partial charge is 0.209 e. The summed E-state index contributed by atoms with van der Waals surface area (Å²) in [5.74, 6) is -1.32. The van der Waals surface area contributed by atoms with Crippen molar-refractivity contribution in [3.63, 3.8) is 0 Å². The molecule has 2 heterocycles. The maximum atomic E-state index is 13.7. The summed E-state index contributed by atoms with van der Waals surface area (Å²) in [6, 6.07) is 8.05. The minimum atomic E-state index is -0.658. The number of pyridine rings is 1. The fourth-order valence-corrected chi connectivity index (χ4v) is 1.93. The van der Waals surface area contributed by atoms with Crippen LogP contribution in [0.15, 0.2) is 47.8 Å². The van der Waals surface area contributed by atoms with Crippen LogP contribution in [0.25, 0.3) is 16.9 Å². The van der Waals surface area contributed by atoms with Crippen LogP contribution in [-0.2, 0) is 0 Å². The fourth-order valence-electron chi connectivity index (χ4n) is 1.93. The number of imidazole rings is 1. The Kier molecular flexibility index (Phi) is 2.56. The average molecular weight is 259 g/mol. The van der Waals surface area contributed by atoms with E-state index in [-0.39, 0.29) is 17.1 Å². The van der Waals surface area contributed by atoms with E-state index in [0.29, 0.717) is 5.65 Å². The molecule has 6 heteroatoms. The number of hydrogen-bond donors (Lipinski definition) is 0. The van der Waals surface area contributed by atoms with Crippen molar-refractivity contribution in [3.05, 3.63) is 59.1 Å². The van der Waals surface area contributed by atoms with Crippen LogP contribution in [0.2, 0.25) is 0 Å². The Balaban J connectivity index is 2.36. The molecule has 0 spiro atoms. The fraction of sp³-hybridized carbons (Fsp3) is 0. The lowest BCUT2D eigenvalue weighted by Crippen LogP contribution is -1.87. The lowest BCUT2D eigenvalue weighted by Gasteiger charge is -2.00. The van der Waals surface area contributed by atoms with E-state index >= 15 is 0 Å². The second kappa shape index (κ2) is 4.24. The molecule has 1 aromatic carbocycles. The highest BCUT2D eigenvalue weighted by atomic mass is 19.1. The van der Waals surface area contributed by atoms with E-state index in [1.165, 1.54) is 4.40 Å². The number of halogens is 2. The molecule has 0 bridgehead atoms. The molecule has 0 aliphatic carbocycles. The molecule has 0 saturated heterocycles. The molecular weight excluding hydrogens is 252 g/mol. The summed E-state index contributed by atoms with van der Waals surface area (Å²) < 4.78 is 28.4. The molecule has 0 unspecified atom stereocenters. The van der Waals surface area contributed by atoms with E-state index < -0.39 is 11.6 Å². The Morgan fingerprint density at radius 2 is 2.00 bits per heavy atom. The Bertz CT molecular complexity index is 783. The van der Waals surface area contributed by atoms with Gasteiger partial charge in [0.1, 0.15) is 23.0 Å². The van der Waals surface area contributed by atoms with Crippen LogP contribution in [0.5, 0.6) is 0 Å². The second-order valence-electron chi connectivity index (χ2n) is 3.93. The zero-order valence-corrected chi connectivity index (χ0v) is 9.55. The zero-order valence-electron chi connectivity index (χ0n) is 9.55. The van der Waals surface area contributed by atoms with Gasteiger partial charge in [-0.15, -0.1) is 4.91 Å². The molecule has 2 aromatic heterocycles. The number of rotatable bonds is 2. The molecule has 0 N–H and O–H groups in total. The molecule has 0 atom stereocenters. The first-order valence-electron chi connectivity index (χ1n) is 5.46. The Labute approximate surface area is 106 Å². The molecule has 3 rings (SSSR count). The second-order valence-corrected chi connectivity index (χ2v) is 3.93. The summed E-state index contributed by atoms with van der Waals surface area (Å²) in [4.78, 5) is 15.1. The van der Waals surface area contributed by atoms with E-state index in [9.17, 15) is 13.7 Å². The van der Waals surface area contributed by atoms with Crippen LogP contribution in [-0.4, -0.2) is 9.38 Å². The highest BCUT2D eigenvalue weighted by Gasteiger charge is 2.18. The first-order valence-corrected chi connectivity index (χ1v) is 5.46. The van der Waals surface area contributed by atoms with Crippen molar-refractivity contribution in [2.75, 3.05) is 0 Å². The molecule has 4 nitrogen and oxygen atoms in total. The van der Waals surface area contributed by atoms with E-state index in [2.05, 4.69) is 10.2 Å². The molecule has 0 amide bonds. The topological polar surface area (TPSA) is 46.7 Å². The van der Waals surface area contributed by atoms with Gasteiger partial charge >= 0.3 is 0 Å². The molecule has 0 fully saturated rings. The van der Waals surface area contributed by atoms with Gasteiger partial charge in [0.25, 0.3) is 0 Å². The van der Waals surface area contributed by atoms with E-state index in [4.69, 9.17) is 0 Å². The Morgan fingerprint density at radius 1 is 1.16 bits per heavy atom. The lowest BCUT2D eigenvalue weighted by atomic mass is 10.1. The van der Waals surface area contributed by atoms with Crippen molar-refractivity contribution in [3.8, 4) is 11.3 Å². The van der Waals surface area contributed by atoms with Gasteiger partial charge in [0.2, 0.25) is 5.82 Å². The number of benzene rings is 1. The van der Waals surface area contributed by atoms with Crippen LogP contribution in [0, 0.1) is 16.5 Å². The molecule has 0 aliphatic rings. The molecule has 3 aromatic rings. The zero-order chi connectivity index (χ0) is 13.4. The predicted molar refractivity (Wildman–Crippen MR) is 66.0 cm³/mol. The normalized spacial score (nSPS) is 10.8. The summed E-state index contributed by atoms with van der Waals surface area (Å²) in [7, 11) is 0. The third-order valence-electron chi connectivity index (χ3n) is 2.77. The third-order valence-corrected chi connectivity index (χ3v) is 2.77. The monoisotopic (exact) mass is 259 g/mol. The van der Waals surface area contributed by atoms with Crippen molar-refractivity contribution in [1.82, 2.24) is 9.38 Å². The molecule has 0 saturated carbocycles. The van der Waals surface area contributed by atoms with Crippen molar-refractivity contribution >= 4 is 11.5 Å². The van der Waals surface area contributed by atoms with Crippen LogP contribution >= 0.6 is 0 Å². The van der Waals surface area contributed by atoms with Crippen molar-refractivity contribution in [2.45, 2.75) is 0 Å². The van der Waals surface area contributed by atoms with Crippen molar-refractivity contribution in [2.24, 2.45) is 5.18 Å². The van der Waals surface area contributed by atoms with Crippen LogP contribution < -0.4 is 0 Å². The van der Waals surface area contributed by atoms with Gasteiger partial charge in [-0.2, -0.15) is 0 Å². The summed E-state index contributed by atoms with van der Waals surface area (Å²) in [6.45, 7) is 0. The standard InChI is InChI=1S/C13H7F2N3O/c14-8-4-5-10(15)9(7-8)12-13(17-19)18-6-2-1-3-11(18)16-12/h1-7H. The third kappa shape index (κ3) is 1.77.